The van der Waals surface area contributed by atoms with E-state index in [1.807, 2.05) is 13.8 Å². The first-order valence-electron chi connectivity index (χ1n) is 7.65. The van der Waals surface area contributed by atoms with Crippen molar-refractivity contribution in [3.8, 4) is 0 Å². The molecule has 0 aromatic carbocycles. The minimum atomic E-state index is -3.87. The maximum Gasteiger partial charge on any atom is 0.246 e. The molecule has 1 aliphatic rings. The van der Waals surface area contributed by atoms with Gasteiger partial charge < -0.3 is 14.9 Å². The number of nitrogens with zero attached hydrogens (tertiary/aromatic N) is 4. The van der Waals surface area contributed by atoms with E-state index >= 15 is 0 Å². The average Bonchev–Trinajstić information content (AvgIpc) is 3.07. The largest absolute Gasteiger partial charge is 0.422 e. The SMILES string of the molecule is CC(C)c1nnc([C@@H]2CN(S(=O)(=O)c3cc(Cl)cnc3N)CCO2)o1. The second kappa shape index (κ2) is 6.87. The number of halogens is 1. The van der Waals surface area contributed by atoms with Crippen molar-refractivity contribution in [2.24, 2.45) is 0 Å². The zero-order valence-corrected chi connectivity index (χ0v) is 15.3. The number of sulfonamides is 1. The third-order valence-corrected chi connectivity index (χ3v) is 5.82. The summed E-state index contributed by atoms with van der Waals surface area (Å²) in [5.74, 6) is 0.692. The zero-order valence-electron chi connectivity index (χ0n) is 13.7. The Morgan fingerprint density at radius 3 is 2.84 bits per heavy atom. The van der Waals surface area contributed by atoms with Crippen LogP contribution in [0.5, 0.6) is 0 Å². The molecule has 0 saturated carbocycles. The molecule has 1 atom stereocenters. The van der Waals surface area contributed by atoms with E-state index in [1.165, 1.54) is 16.6 Å². The summed E-state index contributed by atoms with van der Waals surface area (Å²) in [4.78, 5) is 3.68. The first kappa shape index (κ1) is 18.1. The van der Waals surface area contributed by atoms with Crippen LogP contribution in [-0.2, 0) is 14.8 Å². The predicted molar refractivity (Wildman–Crippen MR) is 89.5 cm³/mol. The number of nitrogens with two attached hydrogens (primary N) is 1. The first-order valence-corrected chi connectivity index (χ1v) is 9.47. The molecule has 1 fully saturated rings. The lowest BCUT2D eigenvalue weighted by atomic mass is 10.2. The van der Waals surface area contributed by atoms with Crippen molar-refractivity contribution >= 4 is 27.4 Å². The predicted octanol–water partition coefficient (Wildman–Crippen LogP) is 1.59. The summed E-state index contributed by atoms with van der Waals surface area (Å²) in [6, 6.07) is 1.28. The quantitative estimate of drug-likeness (QED) is 0.838. The molecule has 136 valence electrons. The topological polar surface area (TPSA) is 124 Å². The average molecular weight is 388 g/mol. The van der Waals surface area contributed by atoms with Gasteiger partial charge in [0.2, 0.25) is 21.8 Å². The Hall–Kier alpha value is -1.75. The van der Waals surface area contributed by atoms with Crippen molar-refractivity contribution in [1.82, 2.24) is 19.5 Å². The zero-order chi connectivity index (χ0) is 18.2. The molecule has 0 unspecified atom stereocenters. The number of rotatable bonds is 4. The molecule has 9 nitrogen and oxygen atoms in total. The molecule has 3 rings (SSSR count). The first-order chi connectivity index (χ1) is 11.8. The third-order valence-electron chi connectivity index (χ3n) is 3.72. The Morgan fingerprint density at radius 2 is 2.16 bits per heavy atom. The summed E-state index contributed by atoms with van der Waals surface area (Å²) in [6.07, 6.45) is 0.654. The molecule has 0 bridgehead atoms. The molecule has 0 radical (unpaired) electrons. The summed E-state index contributed by atoms with van der Waals surface area (Å²) >= 11 is 5.86. The van der Waals surface area contributed by atoms with Crippen LogP contribution in [0, 0.1) is 0 Å². The van der Waals surface area contributed by atoms with Gasteiger partial charge in [0.05, 0.1) is 11.6 Å². The van der Waals surface area contributed by atoms with Gasteiger partial charge in [0.15, 0.2) is 0 Å². The summed E-state index contributed by atoms with van der Waals surface area (Å²) in [6.45, 7) is 4.25. The van der Waals surface area contributed by atoms with E-state index in [-0.39, 0.29) is 47.2 Å². The van der Waals surface area contributed by atoms with E-state index in [1.54, 1.807) is 0 Å². The molecule has 0 aliphatic carbocycles. The smallest absolute Gasteiger partial charge is 0.246 e. The lowest BCUT2D eigenvalue weighted by Gasteiger charge is -2.30. The highest BCUT2D eigenvalue weighted by Gasteiger charge is 2.35. The van der Waals surface area contributed by atoms with Crippen LogP contribution < -0.4 is 5.73 Å². The van der Waals surface area contributed by atoms with E-state index in [9.17, 15) is 8.42 Å². The fraction of sp³-hybridized carbons (Fsp3) is 0.500. The maximum atomic E-state index is 12.9. The molecule has 11 heteroatoms. The molecular formula is C14H18ClN5O4S. The van der Waals surface area contributed by atoms with Gasteiger partial charge in [-0.1, -0.05) is 25.4 Å². The second-order valence-electron chi connectivity index (χ2n) is 5.89. The number of aromatic nitrogens is 3. The molecule has 1 aliphatic heterocycles. The van der Waals surface area contributed by atoms with Crippen LogP contribution in [0.25, 0.3) is 0 Å². The van der Waals surface area contributed by atoms with E-state index in [0.29, 0.717) is 5.89 Å². The summed E-state index contributed by atoms with van der Waals surface area (Å²) in [7, 11) is -3.87. The van der Waals surface area contributed by atoms with Crippen LogP contribution in [0.3, 0.4) is 0 Å². The lowest BCUT2D eigenvalue weighted by Crippen LogP contribution is -2.42. The standard InChI is InChI=1S/C14H18ClN5O4S/c1-8(2)13-18-19-14(24-13)10-7-20(3-4-23-10)25(21,22)11-5-9(15)6-17-12(11)16/h5-6,8,10H,3-4,7H2,1-2H3,(H2,16,17)/t10-/m0/s1. The van der Waals surface area contributed by atoms with Crippen molar-refractivity contribution in [3.63, 3.8) is 0 Å². The highest BCUT2D eigenvalue weighted by Crippen LogP contribution is 2.29. The van der Waals surface area contributed by atoms with Gasteiger partial charge in [-0.3, -0.25) is 0 Å². The third kappa shape index (κ3) is 3.61. The normalized spacial score (nSPS) is 19.4. The highest BCUT2D eigenvalue weighted by molar-refractivity contribution is 7.89. The van der Waals surface area contributed by atoms with E-state index in [4.69, 9.17) is 26.5 Å². The van der Waals surface area contributed by atoms with Crippen LogP contribution in [0.2, 0.25) is 5.02 Å². The Balaban J connectivity index is 1.86. The lowest BCUT2D eigenvalue weighted by molar-refractivity contribution is -0.0179. The summed E-state index contributed by atoms with van der Waals surface area (Å²) in [5, 5.41) is 8.10. The molecule has 2 N–H and O–H groups in total. The van der Waals surface area contributed by atoms with Gasteiger partial charge in [0, 0.05) is 25.2 Å². The highest BCUT2D eigenvalue weighted by atomic mass is 35.5. The molecule has 3 heterocycles. The minimum Gasteiger partial charge on any atom is -0.422 e. The van der Waals surface area contributed by atoms with Crippen molar-refractivity contribution in [3.05, 3.63) is 29.1 Å². The molecular weight excluding hydrogens is 370 g/mol. The van der Waals surface area contributed by atoms with Gasteiger partial charge in [0.1, 0.15) is 16.8 Å². The summed E-state index contributed by atoms with van der Waals surface area (Å²) in [5.41, 5.74) is 5.72. The van der Waals surface area contributed by atoms with Gasteiger partial charge in [-0.15, -0.1) is 10.2 Å². The van der Waals surface area contributed by atoms with Crippen LogP contribution in [0.1, 0.15) is 37.7 Å². The van der Waals surface area contributed by atoms with Gasteiger partial charge in [-0.25, -0.2) is 13.4 Å². The number of nitrogen functional groups attached to an aromatic ring is 1. The van der Waals surface area contributed by atoms with Crippen molar-refractivity contribution in [2.75, 3.05) is 25.4 Å². The number of pyridine rings is 1. The van der Waals surface area contributed by atoms with Crippen molar-refractivity contribution in [1.29, 1.82) is 0 Å². The van der Waals surface area contributed by atoms with Crippen LogP contribution in [0.15, 0.2) is 21.6 Å². The van der Waals surface area contributed by atoms with E-state index < -0.39 is 16.1 Å². The molecule has 2 aromatic rings. The molecule has 25 heavy (non-hydrogen) atoms. The van der Waals surface area contributed by atoms with Gasteiger partial charge in [0.25, 0.3) is 0 Å². The second-order valence-corrected chi connectivity index (χ2v) is 8.24. The van der Waals surface area contributed by atoms with Gasteiger partial charge in [-0.05, 0) is 6.07 Å². The minimum absolute atomic E-state index is 0.0357. The number of morpholine rings is 1. The number of ether oxygens (including phenoxy) is 1. The Labute approximate surface area is 150 Å². The Bertz CT molecular complexity index is 870. The molecule has 2 aromatic heterocycles. The van der Waals surface area contributed by atoms with E-state index in [2.05, 4.69) is 15.2 Å². The van der Waals surface area contributed by atoms with Gasteiger partial charge >= 0.3 is 0 Å². The van der Waals surface area contributed by atoms with Crippen molar-refractivity contribution in [2.45, 2.75) is 30.8 Å². The van der Waals surface area contributed by atoms with Crippen LogP contribution in [0.4, 0.5) is 5.82 Å². The number of anilines is 1. The van der Waals surface area contributed by atoms with Crippen molar-refractivity contribution < 1.29 is 17.6 Å². The fourth-order valence-electron chi connectivity index (χ4n) is 2.38. The van der Waals surface area contributed by atoms with Crippen LogP contribution in [-0.4, -0.2) is 47.6 Å². The Morgan fingerprint density at radius 1 is 1.40 bits per heavy atom. The molecule has 1 saturated heterocycles. The fourth-order valence-corrected chi connectivity index (χ4v) is 4.12. The summed E-state index contributed by atoms with van der Waals surface area (Å²) < 4.78 is 38.2. The molecule has 0 spiro atoms. The Kier molecular flexibility index (Phi) is 4.96. The van der Waals surface area contributed by atoms with Crippen LogP contribution >= 0.6 is 11.6 Å². The van der Waals surface area contributed by atoms with E-state index in [0.717, 1.165) is 0 Å². The maximum absolute atomic E-state index is 12.9. The number of hydrogen-bond acceptors (Lipinski definition) is 8. The van der Waals surface area contributed by atoms with Gasteiger partial charge in [-0.2, -0.15) is 4.31 Å². The monoisotopic (exact) mass is 387 g/mol. The molecule has 0 amide bonds. The number of hydrogen-bond donors (Lipinski definition) is 1.